The van der Waals surface area contributed by atoms with E-state index in [1.807, 2.05) is 20.3 Å². The van der Waals surface area contributed by atoms with Gasteiger partial charge >= 0.3 is 0 Å². The molecular weight excluding hydrogens is 233 g/mol. The zero-order chi connectivity index (χ0) is 10.8. The van der Waals surface area contributed by atoms with Gasteiger partial charge in [0.05, 0.1) is 0 Å². The molecule has 0 saturated heterocycles. The fraction of sp³-hybridized carbons (Fsp3) is 0.917. The third-order valence-corrected chi connectivity index (χ3v) is 0. The van der Waals surface area contributed by atoms with Gasteiger partial charge in [-0.2, -0.15) is 13.8 Å². The summed E-state index contributed by atoms with van der Waals surface area (Å²) in [5, 5.41) is 0. The number of rotatable bonds is 0. The molecule has 0 atom stereocenters. The second-order valence-electron chi connectivity index (χ2n) is 5.31. The quantitative estimate of drug-likeness (QED) is 0.542. The third-order valence-electron chi connectivity index (χ3n) is 0. The first kappa shape index (κ1) is 23.7. The largest absolute Gasteiger partial charge is 0.335 e. The molecule has 81 valence electrons. The van der Waals surface area contributed by atoms with Crippen molar-refractivity contribution in [1.29, 1.82) is 0 Å². The molecule has 0 amide bonds. The Bertz CT molecular complexity index is 51.3. The maximum absolute atomic E-state index is 2.19. The molecule has 0 aromatic rings. The Kier molecular flexibility index (Phi) is 28.4. The fourth-order valence-corrected chi connectivity index (χ4v) is 0. The molecule has 0 fully saturated rings. The van der Waals surface area contributed by atoms with Crippen LogP contribution in [0.3, 0.4) is 0 Å². The minimum absolute atomic E-state index is 0. The SMILES string of the molecule is CC(C)(C)C.CC(C)C.C[CH-]C.[Y]. The average molecular weight is 262 g/mol. The molecular formula is C12H29Y-. The minimum Gasteiger partial charge on any atom is -0.335 e. The Labute approximate surface area is 112 Å². The van der Waals surface area contributed by atoms with Gasteiger partial charge in [-0.1, -0.05) is 48.5 Å². The van der Waals surface area contributed by atoms with Gasteiger partial charge in [-0.3, -0.25) is 0 Å². The monoisotopic (exact) mass is 262 g/mol. The van der Waals surface area contributed by atoms with Crippen molar-refractivity contribution >= 4 is 0 Å². The van der Waals surface area contributed by atoms with Crippen molar-refractivity contribution in [2.45, 2.75) is 62.3 Å². The molecule has 0 aliphatic rings. The van der Waals surface area contributed by atoms with Crippen molar-refractivity contribution in [2.24, 2.45) is 11.3 Å². The van der Waals surface area contributed by atoms with Gasteiger partial charge < -0.3 is 6.42 Å². The summed E-state index contributed by atoms with van der Waals surface area (Å²) in [5.74, 6) is 0.833. The smallest absolute Gasteiger partial charge is 0 e. The maximum Gasteiger partial charge on any atom is 0 e. The van der Waals surface area contributed by atoms with Crippen LogP contribution in [0.2, 0.25) is 0 Å². The van der Waals surface area contributed by atoms with E-state index in [1.165, 1.54) is 0 Å². The summed E-state index contributed by atoms with van der Waals surface area (Å²) in [4.78, 5) is 0. The Balaban J connectivity index is -0.0000000465. The summed E-state index contributed by atoms with van der Waals surface area (Å²) < 4.78 is 0. The Morgan fingerprint density at radius 3 is 0.846 bits per heavy atom. The molecule has 1 radical (unpaired) electrons. The van der Waals surface area contributed by atoms with Crippen LogP contribution in [-0.4, -0.2) is 0 Å². The van der Waals surface area contributed by atoms with Crippen LogP contribution in [-0.2, 0) is 32.7 Å². The second-order valence-corrected chi connectivity index (χ2v) is 5.31. The first-order valence-electron chi connectivity index (χ1n) is 4.89. The van der Waals surface area contributed by atoms with E-state index in [0.717, 1.165) is 5.92 Å². The van der Waals surface area contributed by atoms with Crippen LogP contribution in [0.4, 0.5) is 0 Å². The van der Waals surface area contributed by atoms with Crippen LogP contribution in [0.15, 0.2) is 0 Å². The molecule has 0 saturated carbocycles. The Hall–Kier alpha value is 1.10. The van der Waals surface area contributed by atoms with Gasteiger partial charge in [0.15, 0.2) is 0 Å². The van der Waals surface area contributed by atoms with Crippen LogP contribution in [0.25, 0.3) is 0 Å². The topological polar surface area (TPSA) is 0 Å². The summed E-state index contributed by atoms with van der Waals surface area (Å²) in [6.45, 7) is 19.2. The zero-order valence-electron chi connectivity index (χ0n) is 11.2. The molecule has 0 bridgehead atoms. The molecule has 0 aromatic heterocycles. The first-order chi connectivity index (χ1) is 5.15. The molecule has 0 aliphatic heterocycles. The van der Waals surface area contributed by atoms with Crippen LogP contribution in [0.5, 0.6) is 0 Å². The predicted molar refractivity (Wildman–Crippen MR) is 61.3 cm³/mol. The van der Waals surface area contributed by atoms with E-state index in [1.54, 1.807) is 0 Å². The Morgan fingerprint density at radius 1 is 0.846 bits per heavy atom. The van der Waals surface area contributed by atoms with E-state index in [9.17, 15) is 0 Å². The number of hydrogen-bond donors (Lipinski definition) is 0. The standard InChI is InChI=1S/C5H12.C4H10.C3H7.Y/c1-5(2,3)4;1-4(2)3;1-3-2;/h1-4H3;4H,1-3H3;3H,1-2H3;/q;;-1;. The fourth-order valence-electron chi connectivity index (χ4n) is 0. The van der Waals surface area contributed by atoms with Crippen molar-refractivity contribution in [3.63, 3.8) is 0 Å². The van der Waals surface area contributed by atoms with Crippen molar-refractivity contribution in [3.05, 3.63) is 6.42 Å². The van der Waals surface area contributed by atoms with Gasteiger partial charge in [0, 0.05) is 32.7 Å². The van der Waals surface area contributed by atoms with Gasteiger partial charge in [-0.15, -0.1) is 0 Å². The number of hydrogen-bond acceptors (Lipinski definition) is 0. The molecule has 1 heteroatoms. The summed E-state index contributed by atoms with van der Waals surface area (Å²) in [7, 11) is 0. The normalized spacial score (nSPS) is 8.77. The second kappa shape index (κ2) is 15.6. The van der Waals surface area contributed by atoms with Gasteiger partial charge in [0.25, 0.3) is 0 Å². The molecule has 0 rings (SSSR count). The van der Waals surface area contributed by atoms with E-state index in [0.29, 0.717) is 5.41 Å². The molecule has 0 aromatic carbocycles. The van der Waals surface area contributed by atoms with Crippen LogP contribution in [0.1, 0.15) is 62.3 Å². The van der Waals surface area contributed by atoms with E-state index in [2.05, 4.69) is 48.5 Å². The minimum atomic E-state index is 0. The summed E-state index contributed by atoms with van der Waals surface area (Å²) in [5.41, 5.74) is 0.500. The molecule has 0 aliphatic carbocycles. The molecule has 0 N–H and O–H groups in total. The molecule has 0 heterocycles. The van der Waals surface area contributed by atoms with Crippen LogP contribution in [0, 0.1) is 17.8 Å². The van der Waals surface area contributed by atoms with Crippen LogP contribution >= 0.6 is 0 Å². The molecule has 0 nitrogen and oxygen atoms in total. The van der Waals surface area contributed by atoms with Crippen LogP contribution < -0.4 is 0 Å². The van der Waals surface area contributed by atoms with E-state index < -0.39 is 0 Å². The first-order valence-corrected chi connectivity index (χ1v) is 4.89. The van der Waals surface area contributed by atoms with Gasteiger partial charge in [-0.05, 0) is 11.3 Å². The molecule has 0 unspecified atom stereocenters. The summed E-state index contributed by atoms with van der Waals surface area (Å²) in [6.07, 6.45) is 2.00. The van der Waals surface area contributed by atoms with E-state index in [4.69, 9.17) is 0 Å². The third kappa shape index (κ3) is 1330. The van der Waals surface area contributed by atoms with Gasteiger partial charge in [-0.25, -0.2) is 0 Å². The van der Waals surface area contributed by atoms with Crippen molar-refractivity contribution in [1.82, 2.24) is 0 Å². The molecule has 13 heavy (non-hydrogen) atoms. The van der Waals surface area contributed by atoms with Gasteiger partial charge in [0.1, 0.15) is 0 Å². The predicted octanol–water partition coefficient (Wildman–Crippen LogP) is 4.94. The molecule has 0 spiro atoms. The Morgan fingerprint density at radius 2 is 0.846 bits per heavy atom. The van der Waals surface area contributed by atoms with Crippen molar-refractivity contribution in [2.75, 3.05) is 0 Å². The summed E-state index contributed by atoms with van der Waals surface area (Å²) >= 11 is 0. The average Bonchev–Trinajstić information content (AvgIpc) is 1.56. The van der Waals surface area contributed by atoms with E-state index in [-0.39, 0.29) is 32.7 Å². The van der Waals surface area contributed by atoms with Crippen molar-refractivity contribution in [3.8, 4) is 0 Å². The zero-order valence-corrected chi connectivity index (χ0v) is 14.1. The van der Waals surface area contributed by atoms with E-state index >= 15 is 0 Å². The summed E-state index contributed by atoms with van der Waals surface area (Å²) in [6, 6.07) is 0. The maximum atomic E-state index is 2.19. The van der Waals surface area contributed by atoms with Crippen molar-refractivity contribution < 1.29 is 32.7 Å². The van der Waals surface area contributed by atoms with Gasteiger partial charge in [0.2, 0.25) is 0 Å².